The smallest absolute Gasteiger partial charge is 0.252 e. The van der Waals surface area contributed by atoms with E-state index in [1.54, 1.807) is 11.3 Å². The summed E-state index contributed by atoms with van der Waals surface area (Å²) in [6.07, 6.45) is 2.85. The first-order chi connectivity index (χ1) is 7.25. The van der Waals surface area contributed by atoms with E-state index in [2.05, 4.69) is 32.9 Å². The first kappa shape index (κ1) is 10.6. The van der Waals surface area contributed by atoms with Crippen LogP contribution >= 0.6 is 33.9 Å². The molecule has 0 saturated carbocycles. The molecule has 78 valence electrons. The molecule has 2 heterocycles. The molecule has 2 aromatic rings. The minimum absolute atomic E-state index is 0.0860. The molecule has 2 rings (SSSR count). The highest BCUT2D eigenvalue weighted by Gasteiger charge is 2.07. The van der Waals surface area contributed by atoms with Crippen LogP contribution in [0, 0.1) is 2.88 Å². The Labute approximate surface area is 104 Å². The summed E-state index contributed by atoms with van der Waals surface area (Å²) in [4.78, 5) is 15.5. The number of aromatic nitrogens is 1. The first-order valence-corrected chi connectivity index (χ1v) is 6.11. The summed E-state index contributed by atoms with van der Waals surface area (Å²) in [5, 5.41) is 4.59. The number of thiophene rings is 1. The molecule has 6 heteroatoms. The zero-order valence-corrected chi connectivity index (χ0v) is 10.5. The quantitative estimate of drug-likeness (QED) is 0.876. The van der Waals surface area contributed by atoms with E-state index in [1.165, 1.54) is 12.7 Å². The third-order valence-corrected chi connectivity index (χ3v) is 3.53. The van der Waals surface area contributed by atoms with Gasteiger partial charge in [0.25, 0.3) is 5.91 Å². The van der Waals surface area contributed by atoms with Crippen LogP contribution in [-0.2, 0) is 6.54 Å². The molecule has 1 N–H and O–H groups in total. The maximum Gasteiger partial charge on any atom is 0.252 e. The Kier molecular flexibility index (Phi) is 3.37. The second kappa shape index (κ2) is 4.75. The van der Waals surface area contributed by atoms with Crippen molar-refractivity contribution < 1.29 is 9.21 Å². The number of carbonyl (C=O) groups excluding carboxylic acids is 1. The van der Waals surface area contributed by atoms with Gasteiger partial charge in [0.15, 0.2) is 6.39 Å². The number of amides is 1. The van der Waals surface area contributed by atoms with Gasteiger partial charge in [-0.3, -0.25) is 4.79 Å². The van der Waals surface area contributed by atoms with Gasteiger partial charge >= 0.3 is 0 Å². The zero-order chi connectivity index (χ0) is 10.7. The van der Waals surface area contributed by atoms with Crippen molar-refractivity contribution in [3.05, 3.63) is 38.2 Å². The maximum atomic E-state index is 11.6. The van der Waals surface area contributed by atoms with Crippen molar-refractivity contribution in [2.24, 2.45) is 0 Å². The summed E-state index contributed by atoms with van der Waals surface area (Å²) < 4.78 is 5.89. The number of rotatable bonds is 3. The van der Waals surface area contributed by atoms with Crippen LogP contribution < -0.4 is 5.32 Å². The topological polar surface area (TPSA) is 55.1 Å². The second-order valence-corrected chi connectivity index (χ2v) is 5.61. The summed E-state index contributed by atoms with van der Waals surface area (Å²) in [5.41, 5.74) is 1.40. The van der Waals surface area contributed by atoms with Gasteiger partial charge in [0.2, 0.25) is 0 Å². The lowest BCUT2D eigenvalue weighted by Gasteiger charge is -1.99. The minimum atomic E-state index is -0.0860. The van der Waals surface area contributed by atoms with Crippen LogP contribution in [0.2, 0.25) is 0 Å². The fourth-order valence-electron chi connectivity index (χ4n) is 1.03. The van der Waals surface area contributed by atoms with Crippen molar-refractivity contribution in [2.45, 2.75) is 6.54 Å². The Bertz CT molecular complexity index is 452. The lowest BCUT2D eigenvalue weighted by molar-refractivity contribution is 0.0951. The highest BCUT2D eigenvalue weighted by Crippen LogP contribution is 2.16. The molecular weight excluding hydrogens is 327 g/mol. The molecule has 0 radical (unpaired) electrons. The minimum Gasteiger partial charge on any atom is -0.451 e. The Morgan fingerprint density at radius 2 is 2.53 bits per heavy atom. The molecule has 0 bridgehead atoms. The van der Waals surface area contributed by atoms with E-state index >= 15 is 0 Å². The lowest BCUT2D eigenvalue weighted by Crippen LogP contribution is -2.22. The Morgan fingerprint density at radius 3 is 3.13 bits per heavy atom. The van der Waals surface area contributed by atoms with Crippen LogP contribution in [0.3, 0.4) is 0 Å². The normalized spacial score (nSPS) is 10.2. The largest absolute Gasteiger partial charge is 0.451 e. The highest BCUT2D eigenvalue weighted by atomic mass is 127. The molecule has 0 unspecified atom stereocenters. The summed E-state index contributed by atoms with van der Waals surface area (Å²) in [7, 11) is 0. The van der Waals surface area contributed by atoms with Gasteiger partial charge in [-0.1, -0.05) is 0 Å². The maximum absolute atomic E-state index is 11.6. The number of nitrogens with one attached hydrogen (secondary N) is 1. The molecule has 0 atom stereocenters. The van der Waals surface area contributed by atoms with E-state index in [4.69, 9.17) is 4.42 Å². The summed E-state index contributed by atoms with van der Waals surface area (Å²) >= 11 is 3.73. The van der Waals surface area contributed by atoms with Gasteiger partial charge in [0.05, 0.1) is 20.7 Å². The fraction of sp³-hybridized carbons (Fsp3) is 0.111. The van der Waals surface area contributed by atoms with E-state index < -0.39 is 0 Å². The zero-order valence-electron chi connectivity index (χ0n) is 7.57. The molecule has 0 fully saturated rings. The van der Waals surface area contributed by atoms with Crippen molar-refractivity contribution in [3.8, 4) is 0 Å². The predicted octanol–water partition coefficient (Wildman–Crippen LogP) is 2.27. The van der Waals surface area contributed by atoms with E-state index in [0.717, 1.165) is 2.88 Å². The molecule has 0 spiro atoms. The fourth-order valence-corrected chi connectivity index (χ4v) is 2.35. The SMILES string of the molecule is O=C(NCc1cocn1)c1csc(I)c1. The second-order valence-electron chi connectivity index (χ2n) is 2.80. The number of hydrogen-bond acceptors (Lipinski definition) is 4. The Balaban J connectivity index is 1.93. The number of nitrogens with zero attached hydrogens (tertiary/aromatic N) is 1. The van der Waals surface area contributed by atoms with Crippen molar-refractivity contribution >= 4 is 39.8 Å². The number of oxazole rings is 1. The van der Waals surface area contributed by atoms with Gasteiger partial charge in [-0.05, 0) is 28.7 Å². The van der Waals surface area contributed by atoms with Crippen molar-refractivity contribution in [3.63, 3.8) is 0 Å². The highest BCUT2D eigenvalue weighted by molar-refractivity contribution is 14.1. The van der Waals surface area contributed by atoms with Gasteiger partial charge in [-0.2, -0.15) is 0 Å². The van der Waals surface area contributed by atoms with Gasteiger partial charge in [0, 0.05) is 5.38 Å². The van der Waals surface area contributed by atoms with Crippen LogP contribution in [0.25, 0.3) is 0 Å². The van der Waals surface area contributed by atoms with E-state index in [-0.39, 0.29) is 5.91 Å². The summed E-state index contributed by atoms with van der Waals surface area (Å²) in [5.74, 6) is -0.0860. The molecule has 1 amide bonds. The monoisotopic (exact) mass is 334 g/mol. The summed E-state index contributed by atoms with van der Waals surface area (Å²) in [6.45, 7) is 0.391. The average molecular weight is 334 g/mol. The molecular formula is C9H7IN2O2S. The molecule has 0 aliphatic heterocycles. The van der Waals surface area contributed by atoms with Gasteiger partial charge in [0.1, 0.15) is 6.26 Å². The van der Waals surface area contributed by atoms with E-state index in [0.29, 0.717) is 17.8 Å². The van der Waals surface area contributed by atoms with Crippen LogP contribution in [0.4, 0.5) is 0 Å². The third kappa shape index (κ3) is 2.78. The molecule has 0 aliphatic rings. The lowest BCUT2D eigenvalue weighted by atomic mass is 10.3. The van der Waals surface area contributed by atoms with Crippen LogP contribution in [-0.4, -0.2) is 10.9 Å². The predicted molar refractivity (Wildman–Crippen MR) is 64.7 cm³/mol. The molecule has 0 saturated heterocycles. The summed E-state index contributed by atoms with van der Waals surface area (Å²) in [6, 6.07) is 1.85. The van der Waals surface area contributed by atoms with Gasteiger partial charge in [-0.25, -0.2) is 4.98 Å². The third-order valence-electron chi connectivity index (χ3n) is 1.74. The van der Waals surface area contributed by atoms with Crippen LogP contribution in [0.15, 0.2) is 28.5 Å². The average Bonchev–Trinajstić information content (AvgIpc) is 2.84. The first-order valence-electron chi connectivity index (χ1n) is 4.15. The number of hydrogen-bond donors (Lipinski definition) is 1. The Hall–Kier alpha value is -0.890. The van der Waals surface area contributed by atoms with E-state index in [9.17, 15) is 4.79 Å². The molecule has 2 aromatic heterocycles. The van der Waals surface area contributed by atoms with Crippen molar-refractivity contribution in [1.29, 1.82) is 0 Å². The van der Waals surface area contributed by atoms with Gasteiger partial charge in [-0.15, -0.1) is 11.3 Å². The van der Waals surface area contributed by atoms with E-state index in [1.807, 2.05) is 11.4 Å². The molecule has 15 heavy (non-hydrogen) atoms. The van der Waals surface area contributed by atoms with Gasteiger partial charge < -0.3 is 9.73 Å². The molecule has 0 aliphatic carbocycles. The number of halogens is 1. The van der Waals surface area contributed by atoms with Crippen LogP contribution in [0.1, 0.15) is 16.1 Å². The molecule has 0 aromatic carbocycles. The van der Waals surface area contributed by atoms with Crippen LogP contribution in [0.5, 0.6) is 0 Å². The number of carbonyl (C=O) groups is 1. The Morgan fingerprint density at radius 1 is 1.67 bits per heavy atom. The molecule has 4 nitrogen and oxygen atoms in total. The standard InChI is InChI=1S/C9H7IN2O2S/c10-8-1-6(4-15-8)9(13)11-2-7-3-14-5-12-7/h1,3-5H,2H2,(H,11,13). The van der Waals surface area contributed by atoms with Crippen molar-refractivity contribution in [2.75, 3.05) is 0 Å². The van der Waals surface area contributed by atoms with Crippen molar-refractivity contribution in [1.82, 2.24) is 10.3 Å².